The first-order valence-corrected chi connectivity index (χ1v) is 5.10. The lowest BCUT2D eigenvalue weighted by atomic mass is 9.96. The lowest BCUT2D eigenvalue weighted by Gasteiger charge is -2.10. The summed E-state index contributed by atoms with van der Waals surface area (Å²) >= 11 is 11.6. The van der Waals surface area contributed by atoms with E-state index in [2.05, 4.69) is 6.58 Å². The van der Waals surface area contributed by atoms with E-state index in [-0.39, 0.29) is 0 Å². The molecule has 1 aromatic rings. The number of carboxylic acid groups (broad SMARTS) is 1. The standard InChI is InChI=1S/C11H10Cl2O2/c1-2-3-8(11(14)15)7-4-5-9(12)10(13)6-7/h2,4-6,8H,1,3H2,(H,14,15)/t8-/m1/s1. The van der Waals surface area contributed by atoms with Crippen molar-refractivity contribution in [3.05, 3.63) is 46.5 Å². The molecular weight excluding hydrogens is 235 g/mol. The predicted molar refractivity (Wildman–Crippen MR) is 61.7 cm³/mol. The molecule has 0 saturated heterocycles. The molecule has 4 heteroatoms. The fraction of sp³-hybridized carbons (Fsp3) is 0.182. The highest BCUT2D eigenvalue weighted by molar-refractivity contribution is 6.42. The Balaban J connectivity index is 3.06. The van der Waals surface area contributed by atoms with Gasteiger partial charge in [0.05, 0.1) is 16.0 Å². The first kappa shape index (κ1) is 12.1. The van der Waals surface area contributed by atoms with Crippen LogP contribution in [0.1, 0.15) is 17.9 Å². The molecule has 0 aliphatic carbocycles. The van der Waals surface area contributed by atoms with E-state index in [1.165, 1.54) is 0 Å². The van der Waals surface area contributed by atoms with Crippen LogP contribution < -0.4 is 0 Å². The molecule has 1 aromatic carbocycles. The Morgan fingerprint density at radius 3 is 2.60 bits per heavy atom. The van der Waals surface area contributed by atoms with E-state index in [0.717, 1.165) is 0 Å². The maximum Gasteiger partial charge on any atom is 0.311 e. The molecule has 0 fully saturated rings. The summed E-state index contributed by atoms with van der Waals surface area (Å²) in [5.41, 5.74) is 0.636. The van der Waals surface area contributed by atoms with Gasteiger partial charge in [-0.15, -0.1) is 6.58 Å². The van der Waals surface area contributed by atoms with Crippen molar-refractivity contribution >= 4 is 29.2 Å². The SMILES string of the molecule is C=CC[C@@H](C(=O)O)c1ccc(Cl)c(Cl)c1. The molecule has 0 aliphatic heterocycles. The van der Waals surface area contributed by atoms with Crippen LogP contribution in [0.3, 0.4) is 0 Å². The molecular formula is C11H10Cl2O2. The van der Waals surface area contributed by atoms with Crippen LogP contribution >= 0.6 is 23.2 Å². The highest BCUT2D eigenvalue weighted by Crippen LogP contribution is 2.28. The van der Waals surface area contributed by atoms with Crippen LogP contribution in [0, 0.1) is 0 Å². The minimum absolute atomic E-state index is 0.365. The minimum Gasteiger partial charge on any atom is -0.481 e. The van der Waals surface area contributed by atoms with Gasteiger partial charge in [-0.2, -0.15) is 0 Å². The van der Waals surface area contributed by atoms with Gasteiger partial charge in [0.15, 0.2) is 0 Å². The van der Waals surface area contributed by atoms with Gasteiger partial charge in [0.1, 0.15) is 0 Å². The number of hydrogen-bond donors (Lipinski definition) is 1. The summed E-state index contributed by atoms with van der Waals surface area (Å²) in [7, 11) is 0. The fourth-order valence-electron chi connectivity index (χ4n) is 1.28. The number of carbonyl (C=O) groups is 1. The third kappa shape index (κ3) is 2.98. The van der Waals surface area contributed by atoms with E-state index in [0.29, 0.717) is 22.0 Å². The van der Waals surface area contributed by atoms with Gasteiger partial charge in [-0.1, -0.05) is 35.3 Å². The average Bonchev–Trinajstić information content (AvgIpc) is 2.18. The summed E-state index contributed by atoms with van der Waals surface area (Å²) in [6.07, 6.45) is 1.94. The van der Waals surface area contributed by atoms with Crippen LogP contribution in [0.5, 0.6) is 0 Å². The molecule has 0 aliphatic rings. The largest absolute Gasteiger partial charge is 0.481 e. The van der Waals surface area contributed by atoms with Crippen LogP contribution in [-0.2, 0) is 4.79 Å². The number of hydrogen-bond acceptors (Lipinski definition) is 1. The zero-order valence-electron chi connectivity index (χ0n) is 7.91. The van der Waals surface area contributed by atoms with E-state index < -0.39 is 11.9 Å². The number of rotatable bonds is 4. The molecule has 15 heavy (non-hydrogen) atoms. The molecule has 0 amide bonds. The quantitative estimate of drug-likeness (QED) is 0.820. The summed E-state index contributed by atoms with van der Waals surface area (Å²) in [5.74, 6) is -1.51. The average molecular weight is 245 g/mol. The molecule has 80 valence electrons. The number of allylic oxidation sites excluding steroid dienone is 1. The highest BCUT2D eigenvalue weighted by Gasteiger charge is 2.18. The van der Waals surface area contributed by atoms with E-state index in [4.69, 9.17) is 28.3 Å². The minimum atomic E-state index is -0.895. The maximum atomic E-state index is 11.0. The fourth-order valence-corrected chi connectivity index (χ4v) is 1.58. The molecule has 0 radical (unpaired) electrons. The molecule has 0 aromatic heterocycles. The van der Waals surface area contributed by atoms with Crippen molar-refractivity contribution in [2.24, 2.45) is 0 Å². The van der Waals surface area contributed by atoms with Crippen molar-refractivity contribution in [1.82, 2.24) is 0 Å². The van der Waals surface area contributed by atoms with Crippen LogP contribution in [0.2, 0.25) is 10.0 Å². The Morgan fingerprint density at radius 2 is 2.13 bits per heavy atom. The monoisotopic (exact) mass is 244 g/mol. The van der Waals surface area contributed by atoms with E-state index >= 15 is 0 Å². The van der Waals surface area contributed by atoms with Gasteiger partial charge in [-0.3, -0.25) is 4.79 Å². The topological polar surface area (TPSA) is 37.3 Å². The van der Waals surface area contributed by atoms with Gasteiger partial charge >= 0.3 is 5.97 Å². The molecule has 1 atom stereocenters. The Bertz CT molecular complexity index is 388. The number of benzene rings is 1. The summed E-state index contributed by atoms with van der Waals surface area (Å²) in [5, 5.41) is 9.78. The zero-order valence-corrected chi connectivity index (χ0v) is 9.42. The van der Waals surface area contributed by atoms with Crippen molar-refractivity contribution in [3.63, 3.8) is 0 Å². The van der Waals surface area contributed by atoms with Gasteiger partial charge in [-0.25, -0.2) is 0 Å². The van der Waals surface area contributed by atoms with Gasteiger partial charge in [-0.05, 0) is 24.1 Å². The second kappa shape index (κ2) is 5.19. The van der Waals surface area contributed by atoms with Crippen molar-refractivity contribution in [1.29, 1.82) is 0 Å². The van der Waals surface area contributed by atoms with Gasteiger partial charge in [0.2, 0.25) is 0 Å². The van der Waals surface area contributed by atoms with Gasteiger partial charge in [0.25, 0.3) is 0 Å². The lowest BCUT2D eigenvalue weighted by Crippen LogP contribution is -2.10. The van der Waals surface area contributed by atoms with Crippen LogP contribution in [0.15, 0.2) is 30.9 Å². The molecule has 0 saturated carbocycles. The van der Waals surface area contributed by atoms with E-state index in [1.807, 2.05) is 0 Å². The second-order valence-corrected chi connectivity index (χ2v) is 3.90. The summed E-state index contributed by atoms with van der Waals surface area (Å²) < 4.78 is 0. The molecule has 0 bridgehead atoms. The summed E-state index contributed by atoms with van der Waals surface area (Å²) in [4.78, 5) is 11.0. The van der Waals surface area contributed by atoms with Gasteiger partial charge < -0.3 is 5.11 Å². The first-order chi connectivity index (χ1) is 7.06. The second-order valence-electron chi connectivity index (χ2n) is 3.09. The molecule has 0 heterocycles. The summed E-state index contributed by atoms with van der Waals surface area (Å²) in [6, 6.07) is 4.83. The Labute approximate surface area is 98.1 Å². The molecule has 1 rings (SSSR count). The third-order valence-electron chi connectivity index (χ3n) is 2.05. The number of aliphatic carboxylic acids is 1. The zero-order chi connectivity index (χ0) is 11.4. The Hall–Kier alpha value is -0.990. The number of halogens is 2. The Kier molecular flexibility index (Phi) is 4.18. The maximum absolute atomic E-state index is 11.0. The van der Waals surface area contributed by atoms with E-state index in [9.17, 15) is 4.79 Å². The molecule has 2 nitrogen and oxygen atoms in total. The molecule has 0 unspecified atom stereocenters. The predicted octanol–water partition coefficient (Wildman–Crippen LogP) is 3.74. The van der Waals surface area contributed by atoms with Gasteiger partial charge in [0, 0.05) is 0 Å². The van der Waals surface area contributed by atoms with E-state index in [1.54, 1.807) is 24.3 Å². The lowest BCUT2D eigenvalue weighted by molar-refractivity contribution is -0.138. The first-order valence-electron chi connectivity index (χ1n) is 4.35. The number of carboxylic acids is 1. The third-order valence-corrected chi connectivity index (χ3v) is 2.79. The van der Waals surface area contributed by atoms with Crippen molar-refractivity contribution in [3.8, 4) is 0 Å². The van der Waals surface area contributed by atoms with Crippen molar-refractivity contribution in [2.75, 3.05) is 0 Å². The highest BCUT2D eigenvalue weighted by atomic mass is 35.5. The smallest absolute Gasteiger partial charge is 0.311 e. The van der Waals surface area contributed by atoms with Crippen molar-refractivity contribution < 1.29 is 9.90 Å². The molecule has 1 N–H and O–H groups in total. The summed E-state index contributed by atoms with van der Waals surface area (Å²) in [6.45, 7) is 3.53. The van der Waals surface area contributed by atoms with Crippen molar-refractivity contribution in [2.45, 2.75) is 12.3 Å². The Morgan fingerprint density at radius 1 is 1.47 bits per heavy atom. The molecule has 0 spiro atoms. The van der Waals surface area contributed by atoms with Crippen LogP contribution in [0.4, 0.5) is 0 Å². The van der Waals surface area contributed by atoms with Crippen LogP contribution in [0.25, 0.3) is 0 Å². The normalized spacial score (nSPS) is 12.1. The van der Waals surface area contributed by atoms with Crippen LogP contribution in [-0.4, -0.2) is 11.1 Å².